The van der Waals surface area contributed by atoms with Gasteiger partial charge in [-0.15, -0.1) is 0 Å². The summed E-state index contributed by atoms with van der Waals surface area (Å²) in [6, 6.07) is 4.11. The van der Waals surface area contributed by atoms with Crippen LogP contribution in [0, 0.1) is 19.8 Å². The average molecular weight is 329 g/mol. The Labute approximate surface area is 141 Å². The van der Waals surface area contributed by atoms with Gasteiger partial charge in [-0.2, -0.15) is 0 Å². The number of nitrogens with one attached hydrogen (secondary N) is 1. The van der Waals surface area contributed by atoms with E-state index < -0.39 is 5.97 Å². The average Bonchev–Trinajstić information content (AvgIpc) is 3.00. The number of nitrogens with zero attached hydrogens (tertiary/aromatic N) is 2. The Kier molecular flexibility index (Phi) is 4.83. The Morgan fingerprint density at radius 1 is 1.33 bits per heavy atom. The van der Waals surface area contributed by atoms with Crippen LogP contribution in [0.25, 0.3) is 0 Å². The fourth-order valence-electron chi connectivity index (χ4n) is 3.49. The van der Waals surface area contributed by atoms with Crippen LogP contribution >= 0.6 is 0 Å². The lowest BCUT2D eigenvalue weighted by Crippen LogP contribution is -2.22. The van der Waals surface area contributed by atoms with E-state index in [-0.39, 0.29) is 5.69 Å². The van der Waals surface area contributed by atoms with Crippen molar-refractivity contribution in [1.29, 1.82) is 0 Å². The van der Waals surface area contributed by atoms with Crippen molar-refractivity contribution in [3.8, 4) is 0 Å². The lowest BCUT2D eigenvalue weighted by atomic mass is 9.80. The van der Waals surface area contributed by atoms with Gasteiger partial charge >= 0.3 is 5.97 Å². The number of aromatic carboxylic acids is 1. The maximum absolute atomic E-state index is 11.2. The van der Waals surface area contributed by atoms with Crippen molar-refractivity contribution in [2.45, 2.75) is 45.4 Å². The maximum Gasteiger partial charge on any atom is 0.354 e. The van der Waals surface area contributed by atoms with Crippen LogP contribution in [-0.4, -0.2) is 27.6 Å². The van der Waals surface area contributed by atoms with E-state index in [0.29, 0.717) is 23.2 Å². The number of carboxylic acids is 1. The molecule has 0 spiro atoms. The van der Waals surface area contributed by atoms with Gasteiger partial charge in [-0.1, -0.05) is 6.42 Å². The van der Waals surface area contributed by atoms with E-state index in [1.165, 1.54) is 25.6 Å². The number of carbonyl (C=O) groups is 1. The number of hydrogen-bond acceptors (Lipinski definition) is 5. The number of hydrogen-bond donors (Lipinski definition) is 2. The van der Waals surface area contributed by atoms with Crippen LogP contribution < -0.4 is 5.32 Å². The number of aryl methyl sites for hydroxylation is 1. The largest absolute Gasteiger partial charge is 0.476 e. The first-order chi connectivity index (χ1) is 11.5. The van der Waals surface area contributed by atoms with Gasteiger partial charge in [-0.3, -0.25) is 0 Å². The topological polar surface area (TPSA) is 88.2 Å². The Balaban J connectivity index is 1.62. The summed E-state index contributed by atoms with van der Waals surface area (Å²) in [5.74, 6) is 2.63. The van der Waals surface area contributed by atoms with Crippen molar-refractivity contribution < 1.29 is 14.3 Å². The predicted molar refractivity (Wildman–Crippen MR) is 90.4 cm³/mol. The summed E-state index contributed by atoms with van der Waals surface area (Å²) in [4.78, 5) is 19.2. The number of carboxylic acid groups (broad SMARTS) is 1. The van der Waals surface area contributed by atoms with Gasteiger partial charge in [0.05, 0.1) is 0 Å². The van der Waals surface area contributed by atoms with Gasteiger partial charge in [0.25, 0.3) is 0 Å². The van der Waals surface area contributed by atoms with E-state index in [4.69, 9.17) is 9.52 Å². The predicted octanol–water partition coefficient (Wildman–Crippen LogP) is 3.77. The molecule has 1 unspecified atom stereocenters. The molecule has 2 N–H and O–H groups in total. The molecule has 0 amide bonds. The molecule has 1 aliphatic rings. The third-order valence-corrected chi connectivity index (χ3v) is 4.79. The van der Waals surface area contributed by atoms with Crippen molar-refractivity contribution in [2.75, 3.05) is 11.9 Å². The van der Waals surface area contributed by atoms with Crippen LogP contribution in [0.15, 0.2) is 22.9 Å². The number of aromatic nitrogens is 2. The quantitative estimate of drug-likeness (QED) is 0.868. The van der Waals surface area contributed by atoms with Crippen LogP contribution in [0.1, 0.15) is 59.2 Å². The molecule has 0 aromatic carbocycles. The molecule has 128 valence electrons. The molecule has 1 fully saturated rings. The summed E-state index contributed by atoms with van der Waals surface area (Å²) in [7, 11) is 0. The molecule has 6 nitrogen and oxygen atoms in total. The van der Waals surface area contributed by atoms with Crippen LogP contribution in [0.3, 0.4) is 0 Å². The van der Waals surface area contributed by atoms with E-state index in [1.807, 2.05) is 13.0 Å². The minimum absolute atomic E-state index is 0.0556. The van der Waals surface area contributed by atoms with Crippen LogP contribution in [0.2, 0.25) is 0 Å². The van der Waals surface area contributed by atoms with E-state index >= 15 is 0 Å². The third-order valence-electron chi connectivity index (χ3n) is 4.79. The maximum atomic E-state index is 11.2. The van der Waals surface area contributed by atoms with E-state index in [1.54, 1.807) is 6.92 Å². The number of anilines is 1. The molecule has 2 aromatic heterocycles. The highest BCUT2D eigenvalue weighted by atomic mass is 16.4. The van der Waals surface area contributed by atoms with Gasteiger partial charge < -0.3 is 14.8 Å². The SMILES string of the molecule is Cc1ccc(C2CCC[C@@H](CNc3ncnc(C(=O)O)c3C)C2)o1. The van der Waals surface area contributed by atoms with E-state index in [0.717, 1.165) is 24.5 Å². The monoisotopic (exact) mass is 329 g/mol. The molecular formula is C18H23N3O3. The summed E-state index contributed by atoms with van der Waals surface area (Å²) in [5, 5.41) is 12.5. The standard InChI is InChI=1S/C18H23N3O3/c1-11-6-7-15(24-11)14-5-3-4-13(8-14)9-19-17-12(2)16(18(22)23)20-10-21-17/h6-7,10,13-14H,3-5,8-9H2,1-2H3,(H,22,23)(H,19,20,21)/t13-,14?/m1/s1. The fraction of sp³-hybridized carbons (Fsp3) is 0.500. The zero-order chi connectivity index (χ0) is 17.1. The summed E-state index contributed by atoms with van der Waals surface area (Å²) in [6.45, 7) is 4.50. The first kappa shape index (κ1) is 16.5. The molecule has 24 heavy (non-hydrogen) atoms. The van der Waals surface area contributed by atoms with Crippen molar-refractivity contribution in [1.82, 2.24) is 9.97 Å². The van der Waals surface area contributed by atoms with Crippen LogP contribution in [0.4, 0.5) is 5.82 Å². The second-order valence-electron chi connectivity index (χ2n) is 6.56. The highest BCUT2D eigenvalue weighted by Crippen LogP contribution is 2.37. The Bertz CT molecular complexity index is 726. The summed E-state index contributed by atoms with van der Waals surface area (Å²) >= 11 is 0. The van der Waals surface area contributed by atoms with Gasteiger partial charge in [-0.05, 0) is 51.2 Å². The molecule has 1 aliphatic carbocycles. The number of rotatable bonds is 5. The van der Waals surface area contributed by atoms with Gasteiger partial charge in [0.15, 0.2) is 5.69 Å². The number of furan rings is 1. The highest BCUT2D eigenvalue weighted by Gasteiger charge is 2.25. The van der Waals surface area contributed by atoms with Crippen LogP contribution in [-0.2, 0) is 0 Å². The minimum Gasteiger partial charge on any atom is -0.476 e. The lowest BCUT2D eigenvalue weighted by Gasteiger charge is -2.28. The van der Waals surface area contributed by atoms with E-state index in [2.05, 4.69) is 21.4 Å². The van der Waals surface area contributed by atoms with Gasteiger partial charge in [0.1, 0.15) is 23.7 Å². The summed E-state index contributed by atoms with van der Waals surface area (Å²) in [6.07, 6.45) is 5.89. The smallest absolute Gasteiger partial charge is 0.354 e. The molecule has 0 bridgehead atoms. The van der Waals surface area contributed by atoms with Crippen molar-refractivity contribution in [3.05, 3.63) is 41.2 Å². The van der Waals surface area contributed by atoms with Crippen molar-refractivity contribution in [3.63, 3.8) is 0 Å². The van der Waals surface area contributed by atoms with Gasteiger partial charge in [0, 0.05) is 18.0 Å². The second kappa shape index (κ2) is 7.03. The van der Waals surface area contributed by atoms with Gasteiger partial charge in [-0.25, -0.2) is 14.8 Å². The third kappa shape index (κ3) is 3.58. The molecule has 3 rings (SSSR count). The molecule has 6 heteroatoms. The van der Waals surface area contributed by atoms with Crippen LogP contribution in [0.5, 0.6) is 0 Å². The highest BCUT2D eigenvalue weighted by molar-refractivity contribution is 5.88. The first-order valence-electron chi connectivity index (χ1n) is 8.39. The molecule has 2 atom stereocenters. The lowest BCUT2D eigenvalue weighted by molar-refractivity contribution is 0.0689. The Hall–Kier alpha value is -2.37. The molecule has 1 saturated carbocycles. The van der Waals surface area contributed by atoms with Crippen molar-refractivity contribution >= 4 is 11.8 Å². The molecule has 0 radical (unpaired) electrons. The first-order valence-corrected chi connectivity index (χ1v) is 8.39. The van der Waals surface area contributed by atoms with E-state index in [9.17, 15) is 4.79 Å². The summed E-state index contributed by atoms with van der Waals surface area (Å²) in [5.41, 5.74) is 0.638. The zero-order valence-electron chi connectivity index (χ0n) is 14.1. The minimum atomic E-state index is -1.02. The Morgan fingerprint density at radius 2 is 2.17 bits per heavy atom. The Morgan fingerprint density at radius 3 is 2.88 bits per heavy atom. The molecule has 2 aromatic rings. The normalized spacial score (nSPS) is 20.8. The molecule has 2 heterocycles. The molecular weight excluding hydrogens is 306 g/mol. The second-order valence-corrected chi connectivity index (χ2v) is 6.56. The fourth-order valence-corrected chi connectivity index (χ4v) is 3.49. The van der Waals surface area contributed by atoms with Gasteiger partial charge in [0.2, 0.25) is 0 Å². The van der Waals surface area contributed by atoms with Crippen molar-refractivity contribution in [2.24, 2.45) is 5.92 Å². The molecule has 0 aliphatic heterocycles. The zero-order valence-corrected chi connectivity index (χ0v) is 14.1. The summed E-state index contributed by atoms with van der Waals surface area (Å²) < 4.78 is 5.79. The molecule has 0 saturated heterocycles.